The van der Waals surface area contributed by atoms with E-state index in [2.05, 4.69) is 34.9 Å². The number of hydrogen-bond donors (Lipinski definition) is 2. The summed E-state index contributed by atoms with van der Waals surface area (Å²) >= 11 is 0. The lowest BCUT2D eigenvalue weighted by Crippen LogP contribution is -2.19. The first kappa shape index (κ1) is 14.1. The van der Waals surface area contributed by atoms with E-state index in [1.165, 1.54) is 0 Å². The van der Waals surface area contributed by atoms with E-state index in [9.17, 15) is 9.59 Å². The average Bonchev–Trinajstić information content (AvgIpc) is 2.80. The van der Waals surface area contributed by atoms with Gasteiger partial charge in [0.05, 0.1) is 11.1 Å². The lowest BCUT2D eigenvalue weighted by Gasteiger charge is -2.13. The van der Waals surface area contributed by atoms with Crippen LogP contribution in [0.15, 0.2) is 42.5 Å². The van der Waals surface area contributed by atoms with Gasteiger partial charge in [0.15, 0.2) is 0 Å². The van der Waals surface area contributed by atoms with Gasteiger partial charge in [-0.1, -0.05) is 12.1 Å². The van der Waals surface area contributed by atoms with Gasteiger partial charge in [-0.3, -0.25) is 14.9 Å². The molecule has 0 aliphatic carbocycles. The fraction of sp³-hybridized carbons (Fsp3) is 0.176. The molecule has 2 aromatic rings. The zero-order chi connectivity index (χ0) is 15.7. The van der Waals surface area contributed by atoms with E-state index in [0.29, 0.717) is 17.7 Å². The quantitative estimate of drug-likeness (QED) is 0.849. The van der Waals surface area contributed by atoms with Gasteiger partial charge in [0.25, 0.3) is 11.8 Å². The van der Waals surface area contributed by atoms with E-state index in [0.717, 1.165) is 16.9 Å². The SMILES string of the molecule is CN(C)c1ccc(CNc2ccc3c(c2)C(=O)NC3=O)cc1. The minimum absolute atomic E-state index is 0.328. The maximum absolute atomic E-state index is 11.6. The Morgan fingerprint density at radius 2 is 1.64 bits per heavy atom. The average molecular weight is 295 g/mol. The molecule has 0 saturated heterocycles. The Balaban J connectivity index is 1.71. The molecule has 0 bridgehead atoms. The van der Waals surface area contributed by atoms with Crippen LogP contribution in [-0.4, -0.2) is 25.9 Å². The van der Waals surface area contributed by atoms with Crippen LogP contribution in [0.4, 0.5) is 11.4 Å². The molecule has 0 spiro atoms. The molecular formula is C17H17N3O2. The number of imide groups is 1. The van der Waals surface area contributed by atoms with Crippen LogP contribution in [-0.2, 0) is 6.54 Å². The highest BCUT2D eigenvalue weighted by atomic mass is 16.2. The number of carbonyl (C=O) groups excluding carboxylic acids is 2. The highest BCUT2D eigenvalue weighted by Gasteiger charge is 2.26. The van der Waals surface area contributed by atoms with Crippen molar-refractivity contribution >= 4 is 23.2 Å². The van der Waals surface area contributed by atoms with Crippen molar-refractivity contribution in [2.24, 2.45) is 0 Å². The van der Waals surface area contributed by atoms with Gasteiger partial charge in [-0.25, -0.2) is 0 Å². The van der Waals surface area contributed by atoms with Crippen LogP contribution in [0.25, 0.3) is 0 Å². The molecular weight excluding hydrogens is 278 g/mol. The summed E-state index contributed by atoms with van der Waals surface area (Å²) in [5.74, 6) is -0.662. The number of nitrogens with zero attached hydrogens (tertiary/aromatic N) is 1. The molecule has 112 valence electrons. The van der Waals surface area contributed by atoms with E-state index in [1.807, 2.05) is 25.1 Å². The topological polar surface area (TPSA) is 61.4 Å². The Bertz CT molecular complexity index is 736. The van der Waals surface area contributed by atoms with E-state index in [4.69, 9.17) is 0 Å². The van der Waals surface area contributed by atoms with Crippen molar-refractivity contribution < 1.29 is 9.59 Å². The van der Waals surface area contributed by atoms with Crippen molar-refractivity contribution in [1.82, 2.24) is 5.32 Å². The van der Waals surface area contributed by atoms with E-state index >= 15 is 0 Å². The molecule has 0 aromatic heterocycles. The van der Waals surface area contributed by atoms with Gasteiger partial charge in [-0.15, -0.1) is 0 Å². The second kappa shape index (κ2) is 5.52. The summed E-state index contributed by atoms with van der Waals surface area (Å²) in [6.45, 7) is 0.655. The molecule has 5 heteroatoms. The van der Waals surface area contributed by atoms with Gasteiger partial charge in [0.1, 0.15) is 0 Å². The van der Waals surface area contributed by atoms with Crippen molar-refractivity contribution in [2.45, 2.75) is 6.54 Å². The number of rotatable bonds is 4. The lowest BCUT2D eigenvalue weighted by atomic mass is 10.1. The maximum Gasteiger partial charge on any atom is 0.259 e. The van der Waals surface area contributed by atoms with Crippen LogP contribution in [0, 0.1) is 0 Å². The van der Waals surface area contributed by atoms with Gasteiger partial charge in [-0.05, 0) is 35.9 Å². The number of carbonyl (C=O) groups is 2. The molecule has 0 atom stereocenters. The third kappa shape index (κ3) is 2.65. The molecule has 3 rings (SSSR count). The largest absolute Gasteiger partial charge is 0.381 e. The monoisotopic (exact) mass is 295 g/mol. The fourth-order valence-corrected chi connectivity index (χ4v) is 2.39. The summed E-state index contributed by atoms with van der Waals surface area (Å²) in [5, 5.41) is 5.56. The Morgan fingerprint density at radius 3 is 2.32 bits per heavy atom. The molecule has 5 nitrogen and oxygen atoms in total. The number of nitrogens with one attached hydrogen (secondary N) is 2. The van der Waals surface area contributed by atoms with Crippen molar-refractivity contribution in [3.8, 4) is 0 Å². The predicted octanol–water partition coefficient (Wildman–Crippen LogP) is 2.25. The Kier molecular flexibility index (Phi) is 3.55. The summed E-state index contributed by atoms with van der Waals surface area (Å²) in [6, 6.07) is 13.4. The summed E-state index contributed by atoms with van der Waals surface area (Å²) in [6.07, 6.45) is 0. The normalized spacial score (nSPS) is 12.8. The standard InChI is InChI=1S/C17H17N3O2/c1-20(2)13-6-3-11(4-7-13)10-18-12-5-8-14-15(9-12)17(22)19-16(14)21/h3-9,18H,10H2,1-2H3,(H,19,21,22). The predicted molar refractivity (Wildman–Crippen MR) is 86.3 cm³/mol. The highest BCUT2D eigenvalue weighted by molar-refractivity contribution is 6.21. The first-order valence-corrected chi connectivity index (χ1v) is 7.04. The summed E-state index contributed by atoms with van der Waals surface area (Å²) in [7, 11) is 4.01. The fourth-order valence-electron chi connectivity index (χ4n) is 2.39. The number of benzene rings is 2. The maximum atomic E-state index is 11.6. The summed E-state index contributed by atoms with van der Waals surface area (Å²) < 4.78 is 0. The molecule has 22 heavy (non-hydrogen) atoms. The van der Waals surface area contributed by atoms with Crippen molar-refractivity contribution in [2.75, 3.05) is 24.3 Å². The minimum atomic E-state index is -0.334. The van der Waals surface area contributed by atoms with Gasteiger partial charge in [0.2, 0.25) is 0 Å². The Hall–Kier alpha value is -2.82. The highest BCUT2D eigenvalue weighted by Crippen LogP contribution is 2.21. The molecule has 0 unspecified atom stereocenters. The van der Waals surface area contributed by atoms with Gasteiger partial charge < -0.3 is 10.2 Å². The molecule has 1 aliphatic rings. The Labute approximate surface area is 128 Å². The number of hydrogen-bond acceptors (Lipinski definition) is 4. The Morgan fingerprint density at radius 1 is 0.955 bits per heavy atom. The van der Waals surface area contributed by atoms with Gasteiger partial charge in [0, 0.05) is 32.0 Å². The molecule has 0 radical (unpaired) electrons. The molecule has 2 N–H and O–H groups in total. The van der Waals surface area contributed by atoms with Gasteiger partial charge in [-0.2, -0.15) is 0 Å². The van der Waals surface area contributed by atoms with Gasteiger partial charge >= 0.3 is 0 Å². The van der Waals surface area contributed by atoms with Crippen LogP contribution in [0.1, 0.15) is 26.3 Å². The molecule has 0 saturated carbocycles. The minimum Gasteiger partial charge on any atom is -0.381 e. The van der Waals surface area contributed by atoms with Crippen LogP contribution in [0.5, 0.6) is 0 Å². The summed E-state index contributed by atoms with van der Waals surface area (Å²) in [4.78, 5) is 25.2. The van der Waals surface area contributed by atoms with Crippen LogP contribution in [0.2, 0.25) is 0 Å². The second-order valence-corrected chi connectivity index (χ2v) is 5.46. The van der Waals surface area contributed by atoms with E-state index in [1.54, 1.807) is 12.1 Å². The third-order valence-electron chi connectivity index (χ3n) is 3.69. The number of amides is 2. The van der Waals surface area contributed by atoms with Crippen molar-refractivity contribution in [3.63, 3.8) is 0 Å². The first-order valence-electron chi connectivity index (χ1n) is 7.04. The zero-order valence-corrected chi connectivity index (χ0v) is 12.5. The number of fused-ring (bicyclic) bond motifs is 1. The molecule has 2 amide bonds. The van der Waals surface area contributed by atoms with Crippen LogP contribution in [0.3, 0.4) is 0 Å². The summed E-state index contributed by atoms with van der Waals surface area (Å²) in [5.41, 5.74) is 3.98. The smallest absolute Gasteiger partial charge is 0.259 e. The van der Waals surface area contributed by atoms with E-state index < -0.39 is 0 Å². The zero-order valence-electron chi connectivity index (χ0n) is 12.5. The van der Waals surface area contributed by atoms with E-state index in [-0.39, 0.29) is 11.8 Å². The molecule has 2 aromatic carbocycles. The molecule has 1 aliphatic heterocycles. The molecule has 0 fully saturated rings. The van der Waals surface area contributed by atoms with Crippen LogP contribution >= 0.6 is 0 Å². The van der Waals surface area contributed by atoms with Crippen molar-refractivity contribution in [3.05, 3.63) is 59.2 Å². The second-order valence-electron chi connectivity index (χ2n) is 5.46. The third-order valence-corrected chi connectivity index (χ3v) is 3.69. The number of anilines is 2. The van der Waals surface area contributed by atoms with Crippen LogP contribution < -0.4 is 15.5 Å². The lowest BCUT2D eigenvalue weighted by molar-refractivity contribution is 0.0879. The first-order chi connectivity index (χ1) is 10.5. The molecule has 1 heterocycles. The van der Waals surface area contributed by atoms with Crippen molar-refractivity contribution in [1.29, 1.82) is 0 Å².